The van der Waals surface area contributed by atoms with E-state index in [1.165, 1.54) is 22.3 Å². The Morgan fingerprint density at radius 1 is 0.963 bits per heavy atom. The Bertz CT molecular complexity index is 921. The number of hydrogen-bond acceptors (Lipinski definition) is 3. The molecule has 4 nitrogen and oxygen atoms in total. The first-order valence-corrected chi connectivity index (χ1v) is 9.10. The summed E-state index contributed by atoms with van der Waals surface area (Å²) in [5, 5.41) is 2.89. The molecule has 1 atom stereocenters. The van der Waals surface area contributed by atoms with Crippen molar-refractivity contribution in [2.24, 2.45) is 0 Å². The van der Waals surface area contributed by atoms with Gasteiger partial charge >= 0.3 is 6.09 Å². The molecule has 0 unspecified atom stereocenters. The molecular formula is C23H22N2O2. The molecule has 0 aliphatic heterocycles. The number of fused-ring (bicyclic) bond motifs is 3. The lowest BCUT2D eigenvalue weighted by Crippen LogP contribution is -2.28. The van der Waals surface area contributed by atoms with Gasteiger partial charge in [0.25, 0.3) is 0 Å². The van der Waals surface area contributed by atoms with Crippen LogP contribution in [0.5, 0.6) is 0 Å². The summed E-state index contributed by atoms with van der Waals surface area (Å²) in [6.45, 7) is 2.24. The van der Waals surface area contributed by atoms with Crippen LogP contribution < -0.4 is 11.1 Å². The molecule has 0 saturated heterocycles. The fraction of sp³-hybridized carbons (Fsp3) is 0.174. The van der Waals surface area contributed by atoms with E-state index in [1.807, 2.05) is 55.5 Å². The highest BCUT2D eigenvalue weighted by Gasteiger charge is 2.29. The molecule has 3 N–H and O–H groups in total. The van der Waals surface area contributed by atoms with Gasteiger partial charge in [-0.15, -0.1) is 0 Å². The Morgan fingerprint density at radius 3 is 2.11 bits per heavy atom. The first-order chi connectivity index (χ1) is 13.1. The number of ether oxygens (including phenoxy) is 1. The number of rotatable bonds is 4. The fourth-order valence-electron chi connectivity index (χ4n) is 3.68. The molecule has 1 amide bonds. The summed E-state index contributed by atoms with van der Waals surface area (Å²) in [5.41, 5.74) is 12.2. The van der Waals surface area contributed by atoms with Crippen LogP contribution >= 0.6 is 0 Å². The molecule has 3 aromatic carbocycles. The summed E-state index contributed by atoms with van der Waals surface area (Å²) in [6.07, 6.45) is -0.416. The number of hydrogen-bond donors (Lipinski definition) is 2. The van der Waals surface area contributed by atoms with Crippen molar-refractivity contribution in [3.63, 3.8) is 0 Å². The van der Waals surface area contributed by atoms with E-state index < -0.39 is 6.09 Å². The van der Waals surface area contributed by atoms with Gasteiger partial charge in [0.2, 0.25) is 0 Å². The molecule has 0 fully saturated rings. The first kappa shape index (κ1) is 17.2. The number of carbonyl (C=O) groups excluding carboxylic acids is 1. The van der Waals surface area contributed by atoms with Gasteiger partial charge in [0, 0.05) is 11.6 Å². The van der Waals surface area contributed by atoms with Gasteiger partial charge in [-0.25, -0.2) is 4.79 Å². The lowest BCUT2D eigenvalue weighted by Gasteiger charge is -2.17. The Labute approximate surface area is 159 Å². The normalized spacial score (nSPS) is 13.5. The minimum Gasteiger partial charge on any atom is -0.449 e. The van der Waals surface area contributed by atoms with E-state index in [0.717, 1.165) is 5.56 Å². The largest absolute Gasteiger partial charge is 0.449 e. The van der Waals surface area contributed by atoms with Gasteiger partial charge < -0.3 is 15.8 Å². The zero-order valence-electron chi connectivity index (χ0n) is 15.2. The van der Waals surface area contributed by atoms with Gasteiger partial charge in [0.15, 0.2) is 0 Å². The van der Waals surface area contributed by atoms with E-state index in [9.17, 15) is 4.79 Å². The maximum absolute atomic E-state index is 12.3. The predicted molar refractivity (Wildman–Crippen MR) is 107 cm³/mol. The monoisotopic (exact) mass is 358 g/mol. The van der Waals surface area contributed by atoms with E-state index in [1.54, 1.807) is 0 Å². The molecule has 0 bridgehead atoms. The summed E-state index contributed by atoms with van der Waals surface area (Å²) in [4.78, 5) is 12.3. The van der Waals surface area contributed by atoms with Gasteiger partial charge in [0.05, 0.1) is 6.04 Å². The number of nitrogens with one attached hydrogen (secondary N) is 1. The molecular weight excluding hydrogens is 336 g/mol. The quantitative estimate of drug-likeness (QED) is 0.654. The van der Waals surface area contributed by atoms with Crippen molar-refractivity contribution in [3.8, 4) is 11.1 Å². The second-order valence-electron chi connectivity index (χ2n) is 6.86. The Hall–Kier alpha value is -3.27. The average molecular weight is 358 g/mol. The smallest absolute Gasteiger partial charge is 0.407 e. The number of benzene rings is 3. The maximum atomic E-state index is 12.3. The van der Waals surface area contributed by atoms with Gasteiger partial charge in [0.1, 0.15) is 6.61 Å². The van der Waals surface area contributed by atoms with Crippen LogP contribution in [0.25, 0.3) is 11.1 Å². The SMILES string of the molecule is C[C@H](NC(=O)OCC1c2ccccc2-c2ccccc21)c1ccc(N)cc1. The number of alkyl carbamates (subject to hydrolysis) is 1. The van der Waals surface area contributed by atoms with Crippen molar-refractivity contribution in [1.29, 1.82) is 0 Å². The number of anilines is 1. The van der Waals surface area contributed by atoms with Crippen LogP contribution in [0.4, 0.5) is 10.5 Å². The number of carbonyl (C=O) groups is 1. The summed E-state index contributed by atoms with van der Waals surface area (Å²) < 4.78 is 5.58. The zero-order valence-corrected chi connectivity index (χ0v) is 15.2. The van der Waals surface area contributed by atoms with Crippen LogP contribution in [0.2, 0.25) is 0 Å². The fourth-order valence-corrected chi connectivity index (χ4v) is 3.68. The molecule has 0 aromatic heterocycles. The van der Waals surface area contributed by atoms with Crippen LogP contribution in [-0.4, -0.2) is 12.7 Å². The molecule has 0 spiro atoms. The summed E-state index contributed by atoms with van der Waals surface area (Å²) in [6, 6.07) is 23.9. The third-order valence-corrected chi connectivity index (χ3v) is 5.11. The molecule has 27 heavy (non-hydrogen) atoms. The van der Waals surface area contributed by atoms with E-state index in [2.05, 4.69) is 29.6 Å². The first-order valence-electron chi connectivity index (χ1n) is 9.10. The Kier molecular flexibility index (Phi) is 4.55. The second kappa shape index (κ2) is 7.16. The van der Waals surface area contributed by atoms with Crippen LogP contribution in [0, 0.1) is 0 Å². The van der Waals surface area contributed by atoms with Crippen molar-refractivity contribution in [2.75, 3.05) is 12.3 Å². The van der Waals surface area contributed by atoms with Crippen LogP contribution in [0.1, 0.15) is 35.6 Å². The Balaban J connectivity index is 1.44. The lowest BCUT2D eigenvalue weighted by atomic mass is 9.98. The highest BCUT2D eigenvalue weighted by atomic mass is 16.5. The molecule has 1 aliphatic rings. The van der Waals surface area contributed by atoms with Crippen molar-refractivity contribution >= 4 is 11.8 Å². The van der Waals surface area contributed by atoms with Gasteiger partial charge in [-0.1, -0.05) is 60.7 Å². The van der Waals surface area contributed by atoms with Gasteiger partial charge in [-0.3, -0.25) is 0 Å². The minimum absolute atomic E-state index is 0.0648. The van der Waals surface area contributed by atoms with Crippen molar-refractivity contribution in [2.45, 2.75) is 18.9 Å². The molecule has 0 radical (unpaired) electrons. The van der Waals surface area contributed by atoms with Crippen molar-refractivity contribution < 1.29 is 9.53 Å². The van der Waals surface area contributed by atoms with E-state index in [0.29, 0.717) is 12.3 Å². The molecule has 4 heteroatoms. The van der Waals surface area contributed by atoms with E-state index >= 15 is 0 Å². The van der Waals surface area contributed by atoms with Crippen molar-refractivity contribution in [1.82, 2.24) is 5.32 Å². The van der Waals surface area contributed by atoms with E-state index in [4.69, 9.17) is 10.5 Å². The summed E-state index contributed by atoms with van der Waals surface area (Å²) >= 11 is 0. The van der Waals surface area contributed by atoms with Gasteiger partial charge in [-0.2, -0.15) is 0 Å². The molecule has 136 valence electrons. The van der Waals surface area contributed by atoms with Crippen molar-refractivity contribution in [3.05, 3.63) is 89.5 Å². The highest BCUT2D eigenvalue weighted by Crippen LogP contribution is 2.44. The number of amides is 1. The van der Waals surface area contributed by atoms with Crippen LogP contribution in [0.15, 0.2) is 72.8 Å². The minimum atomic E-state index is -0.416. The molecule has 3 aromatic rings. The van der Waals surface area contributed by atoms with Crippen LogP contribution in [0.3, 0.4) is 0 Å². The average Bonchev–Trinajstić information content (AvgIpc) is 3.01. The lowest BCUT2D eigenvalue weighted by molar-refractivity contribution is 0.140. The summed E-state index contributed by atoms with van der Waals surface area (Å²) in [5.74, 6) is 0.0648. The van der Waals surface area contributed by atoms with Crippen LogP contribution in [-0.2, 0) is 4.74 Å². The topological polar surface area (TPSA) is 64.3 Å². The molecule has 1 aliphatic carbocycles. The molecule has 0 saturated carbocycles. The van der Waals surface area contributed by atoms with Gasteiger partial charge in [-0.05, 0) is 46.9 Å². The number of nitrogen functional groups attached to an aromatic ring is 1. The third kappa shape index (κ3) is 3.38. The number of nitrogens with two attached hydrogens (primary N) is 1. The molecule has 4 rings (SSSR count). The van der Waals surface area contributed by atoms with E-state index in [-0.39, 0.29) is 12.0 Å². The summed E-state index contributed by atoms with van der Waals surface area (Å²) in [7, 11) is 0. The standard InChI is InChI=1S/C23H22N2O2/c1-15(16-10-12-17(24)13-11-16)25-23(26)27-14-22-20-8-4-2-6-18(20)19-7-3-5-9-21(19)22/h2-13,15,22H,14,24H2,1H3,(H,25,26)/t15-/m0/s1. The third-order valence-electron chi connectivity index (χ3n) is 5.11. The zero-order chi connectivity index (χ0) is 18.8. The highest BCUT2D eigenvalue weighted by molar-refractivity contribution is 5.79. The maximum Gasteiger partial charge on any atom is 0.407 e. The second-order valence-corrected chi connectivity index (χ2v) is 6.86. The Morgan fingerprint density at radius 2 is 1.52 bits per heavy atom. The predicted octanol–water partition coefficient (Wildman–Crippen LogP) is 4.87. The molecule has 0 heterocycles.